The van der Waals surface area contributed by atoms with Crippen LogP contribution in [0.4, 0.5) is 10.1 Å². The third-order valence-electron chi connectivity index (χ3n) is 6.22. The molecule has 0 unspecified atom stereocenters. The third kappa shape index (κ3) is 4.78. The van der Waals surface area contributed by atoms with Gasteiger partial charge in [-0.15, -0.1) is 0 Å². The van der Waals surface area contributed by atoms with Crippen LogP contribution in [0.15, 0.2) is 72.8 Å². The number of carbonyl (C=O) groups excluding carboxylic acids is 1. The van der Waals surface area contributed by atoms with Crippen LogP contribution in [0.25, 0.3) is 0 Å². The summed E-state index contributed by atoms with van der Waals surface area (Å²) >= 11 is 0. The van der Waals surface area contributed by atoms with Gasteiger partial charge in [0.05, 0.1) is 6.04 Å². The van der Waals surface area contributed by atoms with E-state index in [1.165, 1.54) is 30.0 Å². The molecule has 0 bridgehead atoms. The Hall–Kier alpha value is -3.58. The molecule has 3 aromatic carbocycles. The van der Waals surface area contributed by atoms with Gasteiger partial charge in [0.1, 0.15) is 5.82 Å². The molecule has 0 aromatic heterocycles. The van der Waals surface area contributed by atoms with Crippen molar-refractivity contribution in [3.63, 3.8) is 0 Å². The molecule has 1 saturated heterocycles. The summed E-state index contributed by atoms with van der Waals surface area (Å²) in [4.78, 5) is 17.5. The van der Waals surface area contributed by atoms with Gasteiger partial charge in [0, 0.05) is 44.0 Å². The highest BCUT2D eigenvalue weighted by Crippen LogP contribution is 2.35. The number of nitrogens with zero attached hydrogens (tertiary/aromatic N) is 2. The average Bonchev–Trinajstić information content (AvgIpc) is 3.33. The highest BCUT2D eigenvalue weighted by molar-refractivity contribution is 5.94. The molecule has 0 radical (unpaired) electrons. The molecule has 2 aliphatic heterocycles. The van der Waals surface area contributed by atoms with E-state index in [2.05, 4.69) is 39.4 Å². The highest BCUT2D eigenvalue weighted by atomic mass is 19.1. The van der Waals surface area contributed by atoms with Crippen LogP contribution in [-0.2, 0) is 0 Å². The van der Waals surface area contributed by atoms with Gasteiger partial charge in [-0.3, -0.25) is 9.69 Å². The lowest BCUT2D eigenvalue weighted by Gasteiger charge is -2.40. The summed E-state index contributed by atoms with van der Waals surface area (Å²) in [6.07, 6.45) is 0. The van der Waals surface area contributed by atoms with Gasteiger partial charge in [0.15, 0.2) is 11.5 Å². The summed E-state index contributed by atoms with van der Waals surface area (Å²) in [7, 11) is 0. The maximum Gasteiger partial charge on any atom is 0.251 e. The molecule has 7 heteroatoms. The molecule has 0 aliphatic carbocycles. The van der Waals surface area contributed by atoms with Gasteiger partial charge in [-0.2, -0.15) is 0 Å². The summed E-state index contributed by atoms with van der Waals surface area (Å²) in [6.45, 7) is 4.18. The lowest BCUT2D eigenvalue weighted by atomic mass is 10.0. The number of hydrogen-bond donors (Lipinski definition) is 1. The first-order valence-electron chi connectivity index (χ1n) is 11.1. The minimum absolute atomic E-state index is 0.0261. The van der Waals surface area contributed by atoms with E-state index >= 15 is 0 Å². The minimum atomic E-state index is -0.360. The number of ether oxygens (including phenoxy) is 2. The van der Waals surface area contributed by atoms with E-state index in [0.29, 0.717) is 12.1 Å². The molecule has 1 atom stereocenters. The van der Waals surface area contributed by atoms with Crippen LogP contribution in [0.3, 0.4) is 0 Å². The zero-order valence-electron chi connectivity index (χ0n) is 18.2. The Labute approximate surface area is 192 Å². The topological polar surface area (TPSA) is 54.0 Å². The molecule has 3 aromatic rings. The first kappa shape index (κ1) is 21.3. The largest absolute Gasteiger partial charge is 0.454 e. The van der Waals surface area contributed by atoms with E-state index < -0.39 is 0 Å². The number of benzene rings is 3. The molecule has 6 nitrogen and oxygen atoms in total. The standard InChI is InChI=1S/C26H26FN3O3/c27-21-9-6-19(7-10-21)26(31)28-17-23(20-8-11-24-25(16-20)33-18-32-24)30-14-12-29(13-15-30)22-4-2-1-3-5-22/h1-11,16,23H,12-15,17-18H2,(H,28,31)/t23-/m1/s1. The van der Waals surface area contributed by atoms with Crippen molar-refractivity contribution in [2.45, 2.75) is 6.04 Å². The van der Waals surface area contributed by atoms with E-state index in [4.69, 9.17) is 9.47 Å². The van der Waals surface area contributed by atoms with Crippen molar-refractivity contribution in [1.82, 2.24) is 10.2 Å². The van der Waals surface area contributed by atoms with Gasteiger partial charge in [-0.1, -0.05) is 24.3 Å². The molecular weight excluding hydrogens is 421 g/mol. The molecule has 170 valence electrons. The quantitative estimate of drug-likeness (QED) is 0.622. The Balaban J connectivity index is 1.32. The highest BCUT2D eigenvalue weighted by Gasteiger charge is 2.27. The fourth-order valence-corrected chi connectivity index (χ4v) is 4.40. The summed E-state index contributed by atoms with van der Waals surface area (Å²) in [5.74, 6) is 0.886. The molecule has 1 amide bonds. The molecule has 1 N–H and O–H groups in total. The predicted molar refractivity (Wildman–Crippen MR) is 124 cm³/mol. The number of piperazine rings is 1. The summed E-state index contributed by atoms with van der Waals surface area (Å²) in [5.41, 5.74) is 2.72. The van der Waals surface area contributed by atoms with Gasteiger partial charge < -0.3 is 19.7 Å². The van der Waals surface area contributed by atoms with Gasteiger partial charge in [0.25, 0.3) is 5.91 Å². The van der Waals surface area contributed by atoms with Crippen molar-refractivity contribution in [3.05, 3.63) is 89.7 Å². The van der Waals surface area contributed by atoms with Crippen molar-refractivity contribution in [2.24, 2.45) is 0 Å². The number of halogens is 1. The number of para-hydroxylation sites is 1. The van der Waals surface area contributed by atoms with Gasteiger partial charge in [-0.25, -0.2) is 4.39 Å². The second-order valence-corrected chi connectivity index (χ2v) is 8.20. The number of anilines is 1. The van der Waals surface area contributed by atoms with E-state index in [1.807, 2.05) is 24.3 Å². The lowest BCUT2D eigenvalue weighted by Crippen LogP contribution is -2.50. The average molecular weight is 448 g/mol. The number of rotatable bonds is 6. The van der Waals surface area contributed by atoms with Gasteiger partial charge >= 0.3 is 0 Å². The molecule has 5 rings (SSSR count). The summed E-state index contributed by atoms with van der Waals surface area (Å²) in [6, 6.07) is 21.9. The van der Waals surface area contributed by atoms with Crippen LogP contribution in [0.1, 0.15) is 22.0 Å². The maximum atomic E-state index is 13.2. The van der Waals surface area contributed by atoms with Crippen molar-refractivity contribution in [3.8, 4) is 11.5 Å². The van der Waals surface area contributed by atoms with Crippen LogP contribution in [-0.4, -0.2) is 50.3 Å². The summed E-state index contributed by atoms with van der Waals surface area (Å²) < 4.78 is 24.3. The zero-order valence-corrected chi connectivity index (χ0v) is 18.2. The SMILES string of the molecule is O=C(NC[C@H](c1ccc2c(c1)OCO2)N1CCN(c2ccccc2)CC1)c1ccc(F)cc1. The fraction of sp³-hybridized carbons (Fsp3) is 0.269. The van der Waals surface area contributed by atoms with Crippen molar-refractivity contribution >= 4 is 11.6 Å². The van der Waals surface area contributed by atoms with E-state index in [-0.39, 0.29) is 24.6 Å². The second kappa shape index (κ2) is 9.50. The lowest BCUT2D eigenvalue weighted by molar-refractivity contribution is 0.0930. The molecule has 1 fully saturated rings. The van der Waals surface area contributed by atoms with Gasteiger partial charge in [-0.05, 0) is 54.1 Å². The van der Waals surface area contributed by atoms with E-state index in [9.17, 15) is 9.18 Å². The van der Waals surface area contributed by atoms with Crippen molar-refractivity contribution in [1.29, 1.82) is 0 Å². The molecule has 2 aliphatic rings. The van der Waals surface area contributed by atoms with Crippen LogP contribution in [0.5, 0.6) is 11.5 Å². The predicted octanol–water partition coefficient (Wildman–Crippen LogP) is 3.85. The normalized spacial score (nSPS) is 16.5. The first-order chi connectivity index (χ1) is 16.2. The molecular formula is C26H26FN3O3. The molecule has 0 spiro atoms. The van der Waals surface area contributed by atoms with Crippen LogP contribution < -0.4 is 19.7 Å². The Kier molecular flexibility index (Phi) is 6.13. The Bertz CT molecular complexity index is 1100. The fourth-order valence-electron chi connectivity index (χ4n) is 4.40. The first-order valence-corrected chi connectivity index (χ1v) is 11.1. The van der Waals surface area contributed by atoms with Crippen LogP contribution in [0, 0.1) is 5.82 Å². The number of amides is 1. The molecule has 33 heavy (non-hydrogen) atoms. The van der Waals surface area contributed by atoms with E-state index in [1.54, 1.807) is 0 Å². The molecule has 0 saturated carbocycles. The number of carbonyl (C=O) groups is 1. The third-order valence-corrected chi connectivity index (χ3v) is 6.22. The minimum Gasteiger partial charge on any atom is -0.454 e. The summed E-state index contributed by atoms with van der Waals surface area (Å²) in [5, 5.41) is 3.04. The van der Waals surface area contributed by atoms with E-state index in [0.717, 1.165) is 43.2 Å². The number of nitrogens with one attached hydrogen (secondary N) is 1. The molecule has 2 heterocycles. The Morgan fingerprint density at radius 3 is 2.39 bits per heavy atom. The van der Waals surface area contributed by atoms with Crippen LogP contribution in [0.2, 0.25) is 0 Å². The number of fused-ring (bicyclic) bond motifs is 1. The monoisotopic (exact) mass is 447 g/mol. The Morgan fingerprint density at radius 2 is 1.64 bits per heavy atom. The number of hydrogen-bond acceptors (Lipinski definition) is 5. The maximum absolute atomic E-state index is 13.2. The second-order valence-electron chi connectivity index (χ2n) is 8.20. The smallest absolute Gasteiger partial charge is 0.251 e. The van der Waals surface area contributed by atoms with Gasteiger partial charge in [0.2, 0.25) is 6.79 Å². The zero-order chi connectivity index (χ0) is 22.6. The van der Waals surface area contributed by atoms with Crippen molar-refractivity contribution < 1.29 is 18.7 Å². The van der Waals surface area contributed by atoms with Crippen LogP contribution >= 0.6 is 0 Å². The Morgan fingerprint density at radius 1 is 0.909 bits per heavy atom. The van der Waals surface area contributed by atoms with Crippen molar-refractivity contribution in [2.75, 3.05) is 44.4 Å².